The molecule has 3 atom stereocenters. The van der Waals surface area contributed by atoms with Gasteiger partial charge in [0, 0.05) is 62.5 Å². The van der Waals surface area contributed by atoms with E-state index in [2.05, 4.69) is 69.8 Å². The predicted octanol–water partition coefficient (Wildman–Crippen LogP) is 5.56. The van der Waals surface area contributed by atoms with Crippen molar-refractivity contribution in [3.63, 3.8) is 0 Å². The number of aliphatic hydroxyl groups excluding tert-OH is 2. The highest BCUT2D eigenvalue weighted by Gasteiger charge is 2.29. The average Bonchev–Trinajstić information content (AvgIpc) is 3.60. The smallest absolute Gasteiger partial charge is 0.251 e. The summed E-state index contributed by atoms with van der Waals surface area (Å²) < 4.78 is 2.02. The standard InChI is InChI=1S/C48H64N8O4/c1-34(2)30-42(52-48(60)45(58)40(49)32-37-17-10-7-11-18-37)47(59)50-23-14-6-4-5-9-16-36-19-15-22-39(31-36)44-35(3)53-56-43(55-26-24-54(25-27-55)28-29-57)33-41(51-46(44)56)38-20-12-8-13-21-38/h7-8,10-13,15,17-22,31,33-34,40,42,45,57-58H,4-6,9,14,16,23-30,32,49H2,1-3H3,(H,50,59)(H,52,60)/t40-,42+,45+/m1/s1. The van der Waals surface area contributed by atoms with Gasteiger partial charge in [-0.1, -0.05) is 118 Å². The molecular formula is C48H64N8O4. The SMILES string of the molecule is Cc1nn2c(N3CCN(CCO)CC3)cc(-c3ccccc3)nc2c1-c1cccc(CCCCCCCNC(=O)[C@H](CC(C)C)NC(=O)[C@@H](O)[C@H](N)Cc2ccccc2)c1. The van der Waals surface area contributed by atoms with Gasteiger partial charge in [0.2, 0.25) is 5.91 Å². The molecule has 0 spiro atoms. The molecule has 0 saturated carbocycles. The number of nitrogens with zero attached hydrogens (tertiary/aromatic N) is 5. The van der Waals surface area contributed by atoms with Crippen molar-refractivity contribution in [2.45, 2.75) is 90.3 Å². The largest absolute Gasteiger partial charge is 0.395 e. The number of aliphatic hydroxyl groups is 2. The molecule has 12 heteroatoms. The normalized spacial score (nSPS) is 14.9. The van der Waals surface area contributed by atoms with Crippen LogP contribution >= 0.6 is 0 Å². The third-order valence-electron chi connectivity index (χ3n) is 11.4. The Balaban J connectivity index is 1.00. The lowest BCUT2D eigenvalue weighted by molar-refractivity contribution is -0.135. The molecule has 6 N–H and O–H groups in total. The van der Waals surface area contributed by atoms with Crippen molar-refractivity contribution in [3.05, 3.63) is 108 Å². The number of carbonyl (C=O) groups is 2. The lowest BCUT2D eigenvalue weighted by Crippen LogP contribution is -2.54. The number of hydrogen-bond donors (Lipinski definition) is 5. The molecular weight excluding hydrogens is 753 g/mol. The number of aromatic nitrogens is 3. The number of rotatable bonds is 21. The number of aryl methyl sites for hydroxylation is 2. The van der Waals surface area contributed by atoms with Gasteiger partial charge in [-0.05, 0) is 61.6 Å². The van der Waals surface area contributed by atoms with Crippen molar-refractivity contribution in [3.8, 4) is 22.4 Å². The first-order chi connectivity index (χ1) is 29.1. The Morgan fingerprint density at radius 1 is 0.817 bits per heavy atom. The van der Waals surface area contributed by atoms with Gasteiger partial charge in [-0.25, -0.2) is 4.98 Å². The maximum absolute atomic E-state index is 13.1. The van der Waals surface area contributed by atoms with Crippen molar-refractivity contribution < 1.29 is 19.8 Å². The van der Waals surface area contributed by atoms with E-state index >= 15 is 0 Å². The molecule has 1 aliphatic rings. The summed E-state index contributed by atoms with van der Waals surface area (Å²) >= 11 is 0. The van der Waals surface area contributed by atoms with Crippen molar-refractivity contribution in [1.29, 1.82) is 0 Å². The van der Waals surface area contributed by atoms with E-state index in [0.717, 1.165) is 110 Å². The number of amides is 2. The van der Waals surface area contributed by atoms with Crippen LogP contribution in [0.25, 0.3) is 28.0 Å². The molecule has 0 bridgehead atoms. The van der Waals surface area contributed by atoms with Gasteiger partial charge in [0.15, 0.2) is 5.65 Å². The van der Waals surface area contributed by atoms with E-state index in [1.54, 1.807) is 0 Å². The van der Waals surface area contributed by atoms with Crippen LogP contribution in [0, 0.1) is 12.8 Å². The Kier molecular flexibility index (Phi) is 16.2. The van der Waals surface area contributed by atoms with E-state index in [1.807, 2.05) is 66.9 Å². The molecule has 320 valence electrons. The second kappa shape index (κ2) is 21.9. The first-order valence-corrected chi connectivity index (χ1v) is 21.8. The molecule has 2 amide bonds. The van der Waals surface area contributed by atoms with Crippen molar-refractivity contribution in [2.75, 3.05) is 50.8 Å². The Morgan fingerprint density at radius 3 is 2.20 bits per heavy atom. The molecule has 1 saturated heterocycles. The summed E-state index contributed by atoms with van der Waals surface area (Å²) in [5.41, 5.74) is 14.3. The second-order valence-corrected chi connectivity index (χ2v) is 16.6. The zero-order valence-electron chi connectivity index (χ0n) is 35.6. The van der Waals surface area contributed by atoms with Crippen LogP contribution < -0.4 is 21.3 Å². The molecule has 0 unspecified atom stereocenters. The molecule has 2 aromatic heterocycles. The fourth-order valence-electron chi connectivity index (χ4n) is 8.12. The molecule has 1 fully saturated rings. The van der Waals surface area contributed by atoms with Crippen LogP contribution in [0.15, 0.2) is 91.0 Å². The molecule has 3 heterocycles. The highest BCUT2D eigenvalue weighted by atomic mass is 16.3. The van der Waals surface area contributed by atoms with Crippen molar-refractivity contribution >= 4 is 23.3 Å². The number of nitrogens with two attached hydrogens (primary N) is 1. The molecule has 12 nitrogen and oxygen atoms in total. The van der Waals surface area contributed by atoms with Crippen molar-refractivity contribution in [2.24, 2.45) is 11.7 Å². The molecule has 1 aliphatic heterocycles. The van der Waals surface area contributed by atoms with E-state index in [9.17, 15) is 19.8 Å². The quantitative estimate of drug-likeness (QED) is 0.0598. The number of carbonyl (C=O) groups excluding carboxylic acids is 2. The van der Waals surface area contributed by atoms with E-state index < -0.39 is 24.1 Å². The van der Waals surface area contributed by atoms with Crippen molar-refractivity contribution in [1.82, 2.24) is 30.1 Å². The lowest BCUT2D eigenvalue weighted by atomic mass is 9.99. The summed E-state index contributed by atoms with van der Waals surface area (Å²) in [6.07, 6.45) is 5.40. The third-order valence-corrected chi connectivity index (χ3v) is 11.4. The molecule has 3 aromatic carbocycles. The minimum absolute atomic E-state index is 0.171. The van der Waals surface area contributed by atoms with Crippen LogP contribution in [0.5, 0.6) is 0 Å². The Hall–Kier alpha value is -5.14. The van der Waals surface area contributed by atoms with Crippen LogP contribution in [-0.2, 0) is 22.4 Å². The highest BCUT2D eigenvalue weighted by Crippen LogP contribution is 2.33. The number of nitrogens with one attached hydrogen (secondary N) is 2. The second-order valence-electron chi connectivity index (χ2n) is 16.6. The summed E-state index contributed by atoms with van der Waals surface area (Å²) in [4.78, 5) is 36.0. The third kappa shape index (κ3) is 12.0. The monoisotopic (exact) mass is 817 g/mol. The molecule has 0 aliphatic carbocycles. The average molecular weight is 817 g/mol. The predicted molar refractivity (Wildman–Crippen MR) is 240 cm³/mol. The minimum atomic E-state index is -1.42. The van der Waals surface area contributed by atoms with Crippen LogP contribution in [0.3, 0.4) is 0 Å². The summed E-state index contributed by atoms with van der Waals surface area (Å²) in [5, 5.41) is 30.9. The van der Waals surface area contributed by atoms with Gasteiger partial charge in [0.1, 0.15) is 18.0 Å². The summed E-state index contributed by atoms with van der Waals surface area (Å²) in [5.74, 6) is 0.349. The Morgan fingerprint density at radius 2 is 1.48 bits per heavy atom. The Labute approximate surface area is 355 Å². The van der Waals surface area contributed by atoms with E-state index in [0.29, 0.717) is 25.9 Å². The number of anilines is 1. The van der Waals surface area contributed by atoms with Crippen LogP contribution in [0.2, 0.25) is 0 Å². The first-order valence-electron chi connectivity index (χ1n) is 21.8. The maximum atomic E-state index is 13.1. The van der Waals surface area contributed by atoms with E-state index in [-0.39, 0.29) is 18.4 Å². The van der Waals surface area contributed by atoms with Gasteiger partial charge >= 0.3 is 0 Å². The van der Waals surface area contributed by atoms with Crippen LogP contribution in [0.1, 0.15) is 69.2 Å². The van der Waals surface area contributed by atoms with Gasteiger partial charge in [-0.15, -0.1) is 0 Å². The maximum Gasteiger partial charge on any atom is 0.251 e. The number of unbranched alkanes of at least 4 members (excludes halogenated alkanes) is 4. The summed E-state index contributed by atoms with van der Waals surface area (Å²) in [6, 6.07) is 29.2. The number of hydrogen-bond acceptors (Lipinski definition) is 9. The van der Waals surface area contributed by atoms with Crippen LogP contribution in [-0.4, -0.2) is 106 Å². The fourth-order valence-corrected chi connectivity index (χ4v) is 8.12. The van der Waals surface area contributed by atoms with Gasteiger partial charge in [-0.3, -0.25) is 14.5 Å². The zero-order chi connectivity index (χ0) is 42.4. The van der Waals surface area contributed by atoms with Gasteiger partial charge in [0.05, 0.1) is 18.0 Å². The molecule has 60 heavy (non-hydrogen) atoms. The summed E-state index contributed by atoms with van der Waals surface area (Å²) in [6.45, 7) is 10.9. The minimum Gasteiger partial charge on any atom is -0.395 e. The fraction of sp³-hybridized carbons (Fsp3) is 0.458. The Bertz CT molecular complexity index is 2120. The van der Waals surface area contributed by atoms with Crippen LogP contribution in [0.4, 0.5) is 5.82 Å². The number of fused-ring (bicyclic) bond motifs is 1. The topological polar surface area (TPSA) is 161 Å². The lowest BCUT2D eigenvalue weighted by Gasteiger charge is -2.35. The number of benzene rings is 3. The number of β-amino-alcohol motifs (C(OH)–C–C–N with tert-alkyl or cyclic N) is 1. The summed E-state index contributed by atoms with van der Waals surface area (Å²) in [7, 11) is 0. The molecule has 5 aromatic rings. The number of piperazine rings is 1. The van der Waals surface area contributed by atoms with Gasteiger partial charge in [-0.2, -0.15) is 9.61 Å². The van der Waals surface area contributed by atoms with E-state index in [4.69, 9.17) is 15.8 Å². The first kappa shape index (κ1) is 44.4. The highest BCUT2D eigenvalue weighted by molar-refractivity contribution is 5.89. The molecule has 0 radical (unpaired) electrons. The van der Waals surface area contributed by atoms with Gasteiger partial charge < -0.3 is 31.5 Å². The van der Waals surface area contributed by atoms with Gasteiger partial charge in [0.25, 0.3) is 5.91 Å². The zero-order valence-corrected chi connectivity index (χ0v) is 35.6. The van der Waals surface area contributed by atoms with E-state index in [1.165, 1.54) is 5.56 Å². The molecule has 6 rings (SSSR count).